The number of ether oxygens (including phenoxy) is 1. The lowest BCUT2D eigenvalue weighted by molar-refractivity contribution is -0.142. The molecule has 0 fully saturated rings. The number of nitrogens with two attached hydrogens (primary N) is 6. The van der Waals surface area contributed by atoms with Crippen molar-refractivity contribution in [3.05, 3.63) is 59.7 Å². The average molecular weight is 1070 g/mol. The van der Waals surface area contributed by atoms with Crippen molar-refractivity contribution in [3.8, 4) is 11.1 Å². The van der Waals surface area contributed by atoms with E-state index in [2.05, 4.69) is 41.9 Å². The van der Waals surface area contributed by atoms with Gasteiger partial charge < -0.3 is 81.3 Å². The van der Waals surface area contributed by atoms with Crippen LogP contribution in [0, 0.1) is 0 Å². The lowest BCUT2D eigenvalue weighted by Gasteiger charge is -2.27. The first kappa shape index (κ1) is 61.1. The molecule has 0 bridgehead atoms. The van der Waals surface area contributed by atoms with Gasteiger partial charge in [-0.05, 0) is 85.6 Å². The van der Waals surface area contributed by atoms with Gasteiger partial charge >= 0.3 is 18.0 Å². The highest BCUT2D eigenvalue weighted by Crippen LogP contribution is 2.44. The van der Waals surface area contributed by atoms with E-state index in [1.807, 2.05) is 48.5 Å². The lowest BCUT2D eigenvalue weighted by atomic mass is 9.98. The smallest absolute Gasteiger partial charge is 0.407 e. The van der Waals surface area contributed by atoms with Gasteiger partial charge in [-0.2, -0.15) is 11.8 Å². The van der Waals surface area contributed by atoms with Crippen LogP contribution in [0.15, 0.2) is 58.5 Å². The molecule has 27 nitrogen and oxygen atoms in total. The van der Waals surface area contributed by atoms with E-state index in [1.165, 1.54) is 11.8 Å². The molecule has 0 aliphatic heterocycles. The van der Waals surface area contributed by atoms with Crippen molar-refractivity contribution in [1.29, 1.82) is 0 Å². The maximum atomic E-state index is 14.1. The number of benzene rings is 2. The maximum Gasteiger partial charge on any atom is 0.407 e. The monoisotopic (exact) mass is 1070 g/mol. The van der Waals surface area contributed by atoms with Crippen molar-refractivity contribution < 1.29 is 62.9 Å². The first-order valence-electron chi connectivity index (χ1n) is 23.9. The predicted octanol–water partition coefficient (Wildman–Crippen LogP) is -2.34. The topological polar surface area (TPSA) is 473 Å². The normalized spacial score (nSPS) is 13.8. The molecule has 0 saturated carbocycles. The van der Waals surface area contributed by atoms with Crippen LogP contribution in [0.5, 0.6) is 0 Å². The number of alkyl carbamates (subject to hydrolysis) is 1. The Morgan fingerprint density at radius 2 is 0.907 bits per heavy atom. The van der Waals surface area contributed by atoms with Crippen molar-refractivity contribution in [2.75, 3.05) is 31.7 Å². The molecule has 2 aromatic rings. The Balaban J connectivity index is 1.83. The zero-order chi connectivity index (χ0) is 55.6. The summed E-state index contributed by atoms with van der Waals surface area (Å²) in [4.78, 5) is 138. The van der Waals surface area contributed by atoms with Crippen LogP contribution in [0.25, 0.3) is 11.1 Å². The van der Waals surface area contributed by atoms with Gasteiger partial charge in [0.1, 0.15) is 42.9 Å². The molecule has 0 radical (unpaired) electrons. The van der Waals surface area contributed by atoms with Crippen LogP contribution >= 0.6 is 11.8 Å². The van der Waals surface area contributed by atoms with Crippen molar-refractivity contribution >= 4 is 83.1 Å². The summed E-state index contributed by atoms with van der Waals surface area (Å²) in [6, 6.07) is 6.03. The van der Waals surface area contributed by atoms with Gasteiger partial charge in [0.2, 0.25) is 41.4 Å². The zero-order valence-corrected chi connectivity index (χ0v) is 42.2. The van der Waals surface area contributed by atoms with Crippen LogP contribution < -0.4 is 66.3 Å². The molecule has 0 aromatic heterocycles. The van der Waals surface area contributed by atoms with E-state index in [-0.39, 0.29) is 81.8 Å². The summed E-state index contributed by atoms with van der Waals surface area (Å²) in [5, 5.41) is 34.1. The fourth-order valence-electron chi connectivity index (χ4n) is 7.83. The molecule has 6 atom stereocenters. The standard InChI is InChI=1S/C47H68N14O13S/c1-75-23-20-34(43(70)57-31(14-17-36(48)62)40(67)56-30(12-6-21-54-45(50)51)39(66)60-35(44(71)72)13-7-22-55-46(52)53)59-41(68)32(16-19-38(64)65)58-42(69)33(15-18-37(49)63)61-47(73)74-24-29-27-10-4-2-8-25(27)26-9-3-5-11-28(26)29/h2-5,8-11,29-35H,6-7,12-24H2,1H3,(H2,48,62)(H2,49,63)(H,56,67)(H,57,70)(H,58,69)(H,59,68)(H,60,66)(H,61,73)(H,64,65)(H,71,72)(H4,50,51,54)(H4,52,53,55)/t30-,31-,32-,33-,34-,35-/m0/s1. The number of primary amides is 2. The van der Waals surface area contributed by atoms with Crippen molar-refractivity contribution in [2.24, 2.45) is 44.4 Å². The minimum absolute atomic E-state index is 0.00144. The summed E-state index contributed by atoms with van der Waals surface area (Å²) < 4.78 is 5.59. The maximum absolute atomic E-state index is 14.1. The highest BCUT2D eigenvalue weighted by Gasteiger charge is 2.35. The third kappa shape index (κ3) is 21.4. The Morgan fingerprint density at radius 1 is 0.533 bits per heavy atom. The number of carbonyl (C=O) groups excluding carboxylic acids is 8. The molecular formula is C47H68N14O13S. The van der Waals surface area contributed by atoms with Crippen LogP contribution in [-0.2, 0) is 47.9 Å². The van der Waals surface area contributed by atoms with E-state index in [0.717, 1.165) is 22.3 Å². The summed E-state index contributed by atoms with van der Waals surface area (Å²) in [6.45, 7) is -0.0792. The first-order valence-corrected chi connectivity index (χ1v) is 25.2. The molecule has 0 heterocycles. The summed E-state index contributed by atoms with van der Waals surface area (Å²) in [7, 11) is 0. The van der Waals surface area contributed by atoms with E-state index in [9.17, 15) is 58.2 Å². The molecule has 28 heteroatoms. The molecule has 0 spiro atoms. The van der Waals surface area contributed by atoms with Crippen LogP contribution in [0.3, 0.4) is 0 Å². The van der Waals surface area contributed by atoms with Crippen LogP contribution in [0.2, 0.25) is 0 Å². The van der Waals surface area contributed by atoms with Gasteiger partial charge in [0, 0.05) is 38.3 Å². The van der Waals surface area contributed by atoms with E-state index >= 15 is 0 Å². The van der Waals surface area contributed by atoms with Crippen LogP contribution in [-0.4, -0.2) is 149 Å². The number of nitrogens with zero attached hydrogens (tertiary/aromatic N) is 2. The van der Waals surface area contributed by atoms with E-state index < -0.39 is 128 Å². The molecular weight excluding hydrogens is 1000 g/mol. The second-order valence-electron chi connectivity index (χ2n) is 17.3. The van der Waals surface area contributed by atoms with Crippen molar-refractivity contribution in [3.63, 3.8) is 0 Å². The van der Waals surface area contributed by atoms with Crippen molar-refractivity contribution in [1.82, 2.24) is 31.9 Å². The Kier molecular flexibility index (Phi) is 25.6. The Bertz CT molecular complexity index is 2370. The molecule has 1 aliphatic carbocycles. The minimum atomic E-state index is -1.66. The van der Waals surface area contributed by atoms with Gasteiger partial charge in [0.25, 0.3) is 0 Å². The quantitative estimate of drug-likeness (QED) is 0.0198. The fourth-order valence-corrected chi connectivity index (χ4v) is 8.30. The third-order valence-corrected chi connectivity index (χ3v) is 12.2. The molecule has 1 aliphatic rings. The number of aliphatic carboxylic acids is 2. The van der Waals surface area contributed by atoms with E-state index in [1.54, 1.807) is 6.26 Å². The number of carboxylic acid groups (broad SMARTS) is 2. The van der Waals surface area contributed by atoms with Crippen molar-refractivity contribution in [2.45, 2.75) is 113 Å². The SMILES string of the molecule is CSCC[C@H](NC(=O)[C@H](CCC(=O)O)NC(=O)[C@H](CCC(N)=O)NC(=O)OCC1c2ccccc2-c2ccccc21)C(=O)N[C@@H](CCC(N)=O)C(=O)N[C@@H](CCCN=C(N)N)C(=O)N[C@@H](CCCN=C(N)N)C(=O)O. The summed E-state index contributed by atoms with van der Waals surface area (Å²) in [6.07, 6.45) is -2.26. The van der Waals surface area contributed by atoms with Crippen LogP contribution in [0.4, 0.5) is 4.79 Å². The first-order chi connectivity index (χ1) is 35.6. The second kappa shape index (κ2) is 31.4. The minimum Gasteiger partial charge on any atom is -0.481 e. The van der Waals surface area contributed by atoms with Gasteiger partial charge in [-0.15, -0.1) is 0 Å². The number of rotatable bonds is 34. The van der Waals surface area contributed by atoms with Crippen LogP contribution in [0.1, 0.15) is 87.7 Å². The molecule has 0 saturated heterocycles. The molecule has 410 valence electrons. The van der Waals surface area contributed by atoms with E-state index in [0.29, 0.717) is 0 Å². The molecule has 3 rings (SSSR count). The summed E-state index contributed by atoms with van der Waals surface area (Å²) >= 11 is 1.27. The average Bonchev–Trinajstić information content (AvgIpc) is 3.67. The van der Waals surface area contributed by atoms with E-state index in [4.69, 9.17) is 39.1 Å². The molecule has 20 N–H and O–H groups in total. The number of thioether (sulfide) groups is 1. The Hall–Kier alpha value is -8.17. The molecule has 75 heavy (non-hydrogen) atoms. The van der Waals surface area contributed by atoms with Gasteiger partial charge in [-0.25, -0.2) is 9.59 Å². The largest absolute Gasteiger partial charge is 0.481 e. The summed E-state index contributed by atoms with van der Waals surface area (Å²) in [5.41, 5.74) is 36.1. The number of guanidine groups is 2. The third-order valence-electron chi connectivity index (χ3n) is 11.6. The van der Waals surface area contributed by atoms with Gasteiger partial charge in [0.05, 0.1) is 0 Å². The number of aliphatic imine (C=N–C) groups is 2. The van der Waals surface area contributed by atoms with Gasteiger partial charge in [0.15, 0.2) is 11.9 Å². The Morgan fingerprint density at radius 3 is 1.31 bits per heavy atom. The number of nitrogens with one attached hydrogen (secondary N) is 6. The summed E-state index contributed by atoms with van der Waals surface area (Å²) in [5.74, 6) is -10.1. The lowest BCUT2D eigenvalue weighted by Crippen LogP contribution is -2.59. The number of fused-ring (bicyclic) bond motifs is 3. The number of hydrogen-bond donors (Lipinski definition) is 14. The highest BCUT2D eigenvalue weighted by atomic mass is 32.2. The second-order valence-corrected chi connectivity index (χ2v) is 18.3. The highest BCUT2D eigenvalue weighted by molar-refractivity contribution is 7.98. The number of carboxylic acids is 2. The molecule has 8 amide bonds. The van der Waals surface area contributed by atoms with Gasteiger partial charge in [-0.1, -0.05) is 48.5 Å². The fraction of sp³-hybridized carbons (Fsp3) is 0.489. The predicted molar refractivity (Wildman–Crippen MR) is 276 cm³/mol. The molecule has 2 aromatic carbocycles. The number of carbonyl (C=O) groups is 10. The molecule has 0 unspecified atom stereocenters. The Labute approximate surface area is 436 Å². The number of hydrogen-bond acceptors (Lipinski definition) is 14. The zero-order valence-electron chi connectivity index (χ0n) is 41.4. The number of amides is 8. The van der Waals surface area contributed by atoms with Gasteiger partial charge in [-0.3, -0.25) is 48.3 Å².